The van der Waals surface area contributed by atoms with Crippen molar-refractivity contribution in [3.05, 3.63) is 35.9 Å². The van der Waals surface area contributed by atoms with Crippen LogP contribution in [0.4, 0.5) is 0 Å². The van der Waals surface area contributed by atoms with E-state index in [1.165, 1.54) is 0 Å². The summed E-state index contributed by atoms with van der Waals surface area (Å²) in [6.45, 7) is 3.74. The van der Waals surface area contributed by atoms with Crippen LogP contribution in [0.3, 0.4) is 0 Å². The largest absolute Gasteiger partial charge is 0.481 e. The van der Waals surface area contributed by atoms with Crippen molar-refractivity contribution in [3.8, 4) is 0 Å². The predicted molar refractivity (Wildman–Crippen MR) is 164 cm³/mol. The Morgan fingerprint density at radius 1 is 0.545 bits per heavy atom. The minimum Gasteiger partial charge on any atom is -0.481 e. The molecule has 0 saturated heterocycles. The van der Waals surface area contributed by atoms with E-state index < -0.39 is 5.97 Å². The minimum atomic E-state index is -0.901. The molecule has 44 heavy (non-hydrogen) atoms. The number of hydrogen-bond donors (Lipinski definition) is 3. The van der Waals surface area contributed by atoms with E-state index in [1.54, 1.807) is 0 Å². The van der Waals surface area contributed by atoms with Crippen LogP contribution in [0.25, 0.3) is 0 Å². The highest BCUT2D eigenvalue weighted by Crippen LogP contribution is 2.11. The lowest BCUT2D eigenvalue weighted by Crippen LogP contribution is -2.28. The Kier molecular flexibility index (Phi) is 25.4. The molecule has 0 heterocycles. The lowest BCUT2D eigenvalue weighted by atomic mass is 10.1. The maximum Gasteiger partial charge on any atom is 0.306 e. The molecule has 1 rings (SSSR count). The van der Waals surface area contributed by atoms with Gasteiger partial charge in [-0.1, -0.05) is 62.4 Å². The second-order valence-corrected chi connectivity index (χ2v) is 10.2. The summed E-state index contributed by atoms with van der Waals surface area (Å²) in [7, 11) is 0. The number of unbranched alkanes of at least 4 members (excludes halogenated alkanes) is 6. The number of carboxylic acids is 1. The average molecular weight is 625 g/mol. The van der Waals surface area contributed by atoms with Gasteiger partial charge >= 0.3 is 11.9 Å². The van der Waals surface area contributed by atoms with Gasteiger partial charge in [0, 0.05) is 32.4 Å². The fourth-order valence-corrected chi connectivity index (χ4v) is 3.92. The fourth-order valence-electron chi connectivity index (χ4n) is 3.92. The van der Waals surface area contributed by atoms with Crippen LogP contribution in [0.2, 0.25) is 0 Å². The summed E-state index contributed by atoms with van der Waals surface area (Å²) in [6.07, 6.45) is 8.16. The third-order valence-electron chi connectivity index (χ3n) is 6.34. The second-order valence-electron chi connectivity index (χ2n) is 10.2. The molecule has 0 aliphatic rings. The highest BCUT2D eigenvalue weighted by molar-refractivity contribution is 5.76. The first-order valence-corrected chi connectivity index (χ1v) is 15.7. The summed E-state index contributed by atoms with van der Waals surface area (Å²) >= 11 is 0. The minimum absolute atomic E-state index is 0.0272. The number of carboxylic acid groups (broad SMARTS) is 1. The van der Waals surface area contributed by atoms with Crippen molar-refractivity contribution in [2.75, 3.05) is 65.9 Å². The third kappa shape index (κ3) is 26.6. The van der Waals surface area contributed by atoms with Crippen LogP contribution < -0.4 is 10.6 Å². The first-order valence-electron chi connectivity index (χ1n) is 15.7. The first-order chi connectivity index (χ1) is 21.5. The van der Waals surface area contributed by atoms with Gasteiger partial charge in [-0.05, 0) is 18.4 Å². The van der Waals surface area contributed by atoms with Crippen LogP contribution in [0.15, 0.2) is 30.3 Å². The lowest BCUT2D eigenvalue weighted by Gasteiger charge is -2.08. The number of aliphatic carboxylic acids is 1. The van der Waals surface area contributed by atoms with E-state index >= 15 is 0 Å². The number of rotatable bonds is 30. The molecule has 12 heteroatoms. The Bertz CT molecular complexity index is 885. The summed E-state index contributed by atoms with van der Waals surface area (Å²) in [6, 6.07) is 9.68. The molecule has 2 amide bonds. The molecule has 0 aliphatic carbocycles. The molecule has 0 radical (unpaired) electrons. The van der Waals surface area contributed by atoms with Crippen molar-refractivity contribution in [3.63, 3.8) is 0 Å². The van der Waals surface area contributed by atoms with E-state index in [4.69, 9.17) is 28.8 Å². The van der Waals surface area contributed by atoms with Crippen molar-refractivity contribution >= 4 is 23.8 Å². The number of ether oxygens (including phenoxy) is 5. The fraction of sp³-hybridized carbons (Fsp3) is 0.688. The molecule has 0 atom stereocenters. The zero-order valence-corrected chi connectivity index (χ0v) is 26.1. The van der Waals surface area contributed by atoms with E-state index in [0.717, 1.165) is 50.5 Å². The van der Waals surface area contributed by atoms with E-state index in [1.807, 2.05) is 30.3 Å². The molecule has 0 saturated carbocycles. The zero-order chi connectivity index (χ0) is 31.9. The number of nitrogens with one attached hydrogen (secondary N) is 2. The summed E-state index contributed by atoms with van der Waals surface area (Å²) < 4.78 is 26.5. The smallest absolute Gasteiger partial charge is 0.306 e. The molecule has 0 unspecified atom stereocenters. The topological polar surface area (TPSA) is 159 Å². The van der Waals surface area contributed by atoms with Gasteiger partial charge in [0.25, 0.3) is 0 Å². The second kappa shape index (κ2) is 28.7. The van der Waals surface area contributed by atoms with Crippen LogP contribution in [-0.2, 0) is 49.5 Å². The summed E-state index contributed by atoms with van der Waals surface area (Å²) in [4.78, 5) is 45.8. The molecule has 0 bridgehead atoms. The lowest BCUT2D eigenvalue weighted by molar-refractivity contribution is -0.145. The first kappa shape index (κ1) is 39.0. The Hall–Kier alpha value is -3.06. The molecule has 0 spiro atoms. The molecule has 3 N–H and O–H groups in total. The van der Waals surface area contributed by atoms with Gasteiger partial charge in [-0.25, -0.2) is 0 Å². The van der Waals surface area contributed by atoms with Gasteiger partial charge in [0.1, 0.15) is 6.61 Å². The maximum absolute atomic E-state index is 11.9. The standard InChI is InChI=1S/C32H52N2O10/c35-29(13-9-4-2-1-3-5-10-14-32(39)44-27-28-11-7-6-8-12-28)33-17-21-42-25-23-40-19-15-30(36)34-18-22-43-26-24-41-20-16-31(37)38/h6-8,11-12H,1-5,9-10,13-27H2,(H,33,35)(H,34,36)(H,37,38). The number of carbonyl (C=O) groups is 4. The highest BCUT2D eigenvalue weighted by Gasteiger charge is 2.05. The molecule has 0 fully saturated rings. The van der Waals surface area contributed by atoms with E-state index in [0.29, 0.717) is 72.2 Å². The SMILES string of the molecule is O=C(O)CCOCCOCCNC(=O)CCOCCOCCNC(=O)CCCCCCCCCC(=O)OCc1ccccc1. The normalized spacial score (nSPS) is 10.8. The molecule has 1 aromatic rings. The Morgan fingerprint density at radius 3 is 1.59 bits per heavy atom. The van der Waals surface area contributed by atoms with Gasteiger partial charge < -0.3 is 39.4 Å². The summed E-state index contributed by atoms with van der Waals surface area (Å²) in [5, 5.41) is 14.1. The third-order valence-corrected chi connectivity index (χ3v) is 6.34. The molecular formula is C32H52N2O10. The number of amides is 2. The van der Waals surface area contributed by atoms with Crippen LogP contribution in [-0.4, -0.2) is 94.8 Å². The van der Waals surface area contributed by atoms with Gasteiger partial charge in [-0.3, -0.25) is 19.2 Å². The molecule has 0 aliphatic heterocycles. The van der Waals surface area contributed by atoms with E-state index in [-0.39, 0.29) is 43.8 Å². The zero-order valence-electron chi connectivity index (χ0n) is 26.1. The quantitative estimate of drug-likeness (QED) is 0.0856. The Labute approximate surface area is 261 Å². The highest BCUT2D eigenvalue weighted by atomic mass is 16.5. The predicted octanol–water partition coefficient (Wildman–Crippen LogP) is 3.40. The van der Waals surface area contributed by atoms with Gasteiger partial charge in [0.15, 0.2) is 0 Å². The van der Waals surface area contributed by atoms with Gasteiger partial charge in [0.05, 0.1) is 59.3 Å². The van der Waals surface area contributed by atoms with Crippen molar-refractivity contribution < 1.29 is 48.0 Å². The van der Waals surface area contributed by atoms with E-state index in [9.17, 15) is 19.2 Å². The Balaban J connectivity index is 1.76. The van der Waals surface area contributed by atoms with Crippen LogP contribution >= 0.6 is 0 Å². The molecule has 1 aromatic carbocycles. The van der Waals surface area contributed by atoms with Crippen molar-refractivity contribution in [2.45, 2.75) is 77.2 Å². The van der Waals surface area contributed by atoms with Crippen LogP contribution in [0, 0.1) is 0 Å². The molecule has 0 aromatic heterocycles. The van der Waals surface area contributed by atoms with Crippen molar-refractivity contribution in [1.82, 2.24) is 10.6 Å². The van der Waals surface area contributed by atoms with Crippen molar-refractivity contribution in [1.29, 1.82) is 0 Å². The molecule has 12 nitrogen and oxygen atoms in total. The summed E-state index contributed by atoms with van der Waals surface area (Å²) in [5.41, 5.74) is 0.999. The average Bonchev–Trinajstić information content (AvgIpc) is 3.01. The molecule has 250 valence electrons. The Morgan fingerprint density at radius 2 is 1.02 bits per heavy atom. The van der Waals surface area contributed by atoms with Gasteiger partial charge in [-0.15, -0.1) is 0 Å². The maximum atomic E-state index is 11.9. The summed E-state index contributed by atoms with van der Waals surface area (Å²) in [5.74, 6) is -1.16. The van der Waals surface area contributed by atoms with Crippen LogP contribution in [0.5, 0.6) is 0 Å². The van der Waals surface area contributed by atoms with Crippen LogP contribution in [0.1, 0.15) is 76.2 Å². The number of esters is 1. The number of benzene rings is 1. The number of hydrogen-bond acceptors (Lipinski definition) is 9. The molecular weight excluding hydrogens is 572 g/mol. The van der Waals surface area contributed by atoms with Gasteiger partial charge in [-0.2, -0.15) is 0 Å². The monoisotopic (exact) mass is 624 g/mol. The van der Waals surface area contributed by atoms with Gasteiger partial charge in [0.2, 0.25) is 11.8 Å². The van der Waals surface area contributed by atoms with E-state index in [2.05, 4.69) is 10.6 Å². The number of carbonyl (C=O) groups excluding carboxylic acids is 3. The van der Waals surface area contributed by atoms with Crippen molar-refractivity contribution in [2.24, 2.45) is 0 Å².